The van der Waals surface area contributed by atoms with Crippen molar-refractivity contribution < 1.29 is 14.1 Å². The van der Waals surface area contributed by atoms with Gasteiger partial charge in [-0.25, -0.2) is 4.79 Å². The molecule has 0 aromatic heterocycles. The Labute approximate surface area is 138 Å². The van der Waals surface area contributed by atoms with Crippen LogP contribution >= 0.6 is 27.5 Å². The van der Waals surface area contributed by atoms with Gasteiger partial charge >= 0.3 is 5.97 Å². The Hall–Kier alpha value is -1.17. The van der Waals surface area contributed by atoms with Gasteiger partial charge in [-0.05, 0) is 29.3 Å². The van der Waals surface area contributed by atoms with Gasteiger partial charge in [0.15, 0.2) is 0 Å². The highest BCUT2D eigenvalue weighted by Crippen LogP contribution is 2.22. The first-order valence-corrected chi connectivity index (χ1v) is 8.73. The van der Waals surface area contributed by atoms with Crippen molar-refractivity contribution in [2.24, 2.45) is 0 Å². The molecule has 110 valence electrons. The van der Waals surface area contributed by atoms with Gasteiger partial charge in [-0.3, -0.25) is 4.21 Å². The zero-order chi connectivity index (χ0) is 15.4. The molecule has 0 radical (unpaired) electrons. The molecule has 0 heterocycles. The van der Waals surface area contributed by atoms with Gasteiger partial charge in [-0.15, -0.1) is 0 Å². The molecule has 0 saturated heterocycles. The number of aromatic carboxylic acids is 1. The third-order valence-corrected chi connectivity index (χ3v) is 5.26. The monoisotopic (exact) mass is 386 g/mol. The van der Waals surface area contributed by atoms with Crippen LogP contribution in [0.15, 0.2) is 46.9 Å². The van der Waals surface area contributed by atoms with E-state index in [0.717, 1.165) is 11.1 Å². The fourth-order valence-corrected chi connectivity index (χ4v) is 4.10. The van der Waals surface area contributed by atoms with Crippen LogP contribution in [0.25, 0.3) is 0 Å². The standard InChI is InChI=1S/C15H12BrClO3S/c16-13-7-10(15(18)19)5-6-11(13)8-21(20)9-12-3-1-2-4-14(12)17/h1-7H,8-9H2,(H,18,19). The predicted octanol–water partition coefficient (Wildman–Crippen LogP) is 4.25. The lowest BCUT2D eigenvalue weighted by Crippen LogP contribution is -2.02. The van der Waals surface area contributed by atoms with Crippen molar-refractivity contribution >= 4 is 44.3 Å². The lowest BCUT2D eigenvalue weighted by atomic mass is 10.1. The lowest BCUT2D eigenvalue weighted by molar-refractivity contribution is 0.0697. The Kier molecular flexibility index (Phi) is 5.56. The van der Waals surface area contributed by atoms with E-state index in [9.17, 15) is 9.00 Å². The second kappa shape index (κ2) is 7.20. The molecule has 0 amide bonds. The summed E-state index contributed by atoms with van der Waals surface area (Å²) in [5, 5.41) is 9.51. The highest BCUT2D eigenvalue weighted by atomic mass is 79.9. The van der Waals surface area contributed by atoms with E-state index in [2.05, 4.69) is 15.9 Å². The maximum Gasteiger partial charge on any atom is 0.335 e. The third-order valence-electron chi connectivity index (χ3n) is 2.89. The number of halogens is 2. The van der Waals surface area contributed by atoms with Crippen LogP contribution in [0.2, 0.25) is 5.02 Å². The number of carboxylic acids is 1. The largest absolute Gasteiger partial charge is 0.478 e. The molecule has 0 saturated carbocycles. The first-order valence-electron chi connectivity index (χ1n) is 6.07. The predicted molar refractivity (Wildman–Crippen MR) is 88.1 cm³/mol. The Bertz CT molecular complexity index is 703. The second-order valence-corrected chi connectivity index (χ2v) is 7.15. The third kappa shape index (κ3) is 4.40. The van der Waals surface area contributed by atoms with Crippen molar-refractivity contribution in [1.29, 1.82) is 0 Å². The summed E-state index contributed by atoms with van der Waals surface area (Å²) >= 11 is 9.37. The molecule has 1 unspecified atom stereocenters. The molecule has 2 aromatic rings. The average Bonchev–Trinajstić information content (AvgIpc) is 2.43. The van der Waals surface area contributed by atoms with E-state index in [4.69, 9.17) is 16.7 Å². The van der Waals surface area contributed by atoms with Gasteiger partial charge in [-0.2, -0.15) is 0 Å². The zero-order valence-electron chi connectivity index (χ0n) is 10.9. The molecule has 0 bridgehead atoms. The van der Waals surface area contributed by atoms with Gasteiger partial charge in [0.2, 0.25) is 0 Å². The molecule has 2 rings (SSSR count). The maximum atomic E-state index is 12.2. The molecule has 1 atom stereocenters. The molecule has 3 nitrogen and oxygen atoms in total. The number of hydrogen-bond donors (Lipinski definition) is 1. The normalized spacial score (nSPS) is 12.1. The molecule has 0 aliphatic rings. The molecule has 0 spiro atoms. The maximum absolute atomic E-state index is 12.2. The minimum absolute atomic E-state index is 0.197. The smallest absolute Gasteiger partial charge is 0.335 e. The molecule has 2 aromatic carbocycles. The zero-order valence-corrected chi connectivity index (χ0v) is 14.0. The molecule has 0 aliphatic heterocycles. The van der Waals surface area contributed by atoms with Crippen molar-refractivity contribution in [2.75, 3.05) is 0 Å². The van der Waals surface area contributed by atoms with Crippen molar-refractivity contribution in [2.45, 2.75) is 11.5 Å². The summed E-state index contributed by atoms with van der Waals surface area (Å²) in [5.74, 6) is -0.280. The molecular formula is C15H12BrClO3S. The van der Waals surface area contributed by atoms with Crippen LogP contribution in [-0.4, -0.2) is 15.3 Å². The van der Waals surface area contributed by atoms with Crippen molar-refractivity contribution in [3.63, 3.8) is 0 Å². The molecule has 1 N–H and O–H groups in total. The van der Waals surface area contributed by atoms with E-state index in [-0.39, 0.29) is 5.56 Å². The van der Waals surface area contributed by atoms with Crippen LogP contribution in [0.5, 0.6) is 0 Å². The first kappa shape index (κ1) is 16.2. The minimum atomic E-state index is -1.12. The van der Waals surface area contributed by atoms with Crippen LogP contribution in [0.3, 0.4) is 0 Å². The Morgan fingerprint density at radius 2 is 1.81 bits per heavy atom. The fourth-order valence-electron chi connectivity index (χ4n) is 1.81. The van der Waals surface area contributed by atoms with E-state index in [1.54, 1.807) is 12.1 Å². The van der Waals surface area contributed by atoms with Gasteiger partial charge in [0, 0.05) is 26.0 Å². The van der Waals surface area contributed by atoms with E-state index in [0.29, 0.717) is 21.0 Å². The summed E-state index contributed by atoms with van der Waals surface area (Å²) in [4.78, 5) is 10.9. The molecule has 0 fully saturated rings. The number of rotatable bonds is 5. The average molecular weight is 388 g/mol. The van der Waals surface area contributed by atoms with Crippen LogP contribution in [-0.2, 0) is 22.3 Å². The highest BCUT2D eigenvalue weighted by Gasteiger charge is 2.11. The fraction of sp³-hybridized carbons (Fsp3) is 0.133. The van der Waals surface area contributed by atoms with Gasteiger partial charge in [0.25, 0.3) is 0 Å². The quantitative estimate of drug-likeness (QED) is 0.834. The Balaban J connectivity index is 2.10. The minimum Gasteiger partial charge on any atom is -0.478 e. The summed E-state index contributed by atoms with van der Waals surface area (Å²) < 4.78 is 12.9. The first-order chi connectivity index (χ1) is 9.97. The summed E-state index contributed by atoms with van der Waals surface area (Å²) in [6.07, 6.45) is 0. The molecule has 6 heteroatoms. The second-order valence-electron chi connectivity index (χ2n) is 4.43. The Morgan fingerprint density at radius 1 is 1.14 bits per heavy atom. The van der Waals surface area contributed by atoms with E-state index in [1.165, 1.54) is 12.1 Å². The number of carboxylic acid groups (broad SMARTS) is 1. The van der Waals surface area contributed by atoms with E-state index in [1.807, 2.05) is 18.2 Å². The topological polar surface area (TPSA) is 54.4 Å². The Morgan fingerprint density at radius 3 is 2.43 bits per heavy atom. The highest BCUT2D eigenvalue weighted by molar-refractivity contribution is 9.10. The SMILES string of the molecule is O=C(O)c1ccc(CS(=O)Cc2ccccc2Cl)c(Br)c1. The summed E-state index contributed by atoms with van der Waals surface area (Å²) in [6.45, 7) is 0. The van der Waals surface area contributed by atoms with E-state index < -0.39 is 16.8 Å². The van der Waals surface area contributed by atoms with Gasteiger partial charge < -0.3 is 5.11 Å². The van der Waals surface area contributed by atoms with Gasteiger partial charge in [0.1, 0.15) is 0 Å². The van der Waals surface area contributed by atoms with E-state index >= 15 is 0 Å². The number of hydrogen-bond acceptors (Lipinski definition) is 2. The van der Waals surface area contributed by atoms with Crippen molar-refractivity contribution in [3.8, 4) is 0 Å². The van der Waals surface area contributed by atoms with Crippen LogP contribution in [0.4, 0.5) is 0 Å². The van der Waals surface area contributed by atoms with Crippen molar-refractivity contribution in [3.05, 3.63) is 68.7 Å². The van der Waals surface area contributed by atoms with Crippen molar-refractivity contribution in [1.82, 2.24) is 0 Å². The number of benzene rings is 2. The van der Waals surface area contributed by atoms with Crippen LogP contribution < -0.4 is 0 Å². The molecule has 21 heavy (non-hydrogen) atoms. The number of carbonyl (C=O) groups is 1. The summed E-state index contributed by atoms with van der Waals surface area (Å²) in [5.41, 5.74) is 1.85. The summed E-state index contributed by atoms with van der Waals surface area (Å²) in [6, 6.07) is 12.0. The van der Waals surface area contributed by atoms with Gasteiger partial charge in [-0.1, -0.05) is 51.8 Å². The molecular weight excluding hydrogens is 376 g/mol. The van der Waals surface area contributed by atoms with Crippen LogP contribution in [0, 0.1) is 0 Å². The lowest BCUT2D eigenvalue weighted by Gasteiger charge is -2.07. The summed E-state index contributed by atoms with van der Waals surface area (Å²) in [7, 11) is -1.12. The van der Waals surface area contributed by atoms with Gasteiger partial charge in [0.05, 0.1) is 11.3 Å². The molecule has 0 aliphatic carbocycles. The van der Waals surface area contributed by atoms with Crippen LogP contribution in [0.1, 0.15) is 21.5 Å².